The van der Waals surface area contributed by atoms with Gasteiger partial charge < -0.3 is 0 Å². The molecule has 0 aliphatic rings. The van der Waals surface area contributed by atoms with Gasteiger partial charge in [0, 0.05) is 4.47 Å². The molecule has 20 heavy (non-hydrogen) atoms. The first-order valence-corrected chi connectivity index (χ1v) is 8.33. The average Bonchev–Trinajstić information content (AvgIpc) is 2.45. The Morgan fingerprint density at radius 1 is 1.10 bits per heavy atom. The second-order valence-corrected chi connectivity index (χ2v) is 6.52. The van der Waals surface area contributed by atoms with E-state index < -0.39 is 0 Å². The Balaban J connectivity index is 2.18. The molecule has 0 heterocycles. The molecule has 0 spiro atoms. The topological polar surface area (TPSA) is 0 Å². The van der Waals surface area contributed by atoms with Gasteiger partial charge in [-0.05, 0) is 48.1 Å². The van der Waals surface area contributed by atoms with Gasteiger partial charge in [0.15, 0.2) is 0 Å². The predicted octanol–water partition coefficient (Wildman–Crippen LogP) is 6.43. The summed E-state index contributed by atoms with van der Waals surface area (Å²) in [6.45, 7) is 4.30. The normalized spacial score (nSPS) is 12.4. The highest BCUT2D eigenvalue weighted by Gasteiger charge is 2.13. The third-order valence-electron chi connectivity index (χ3n) is 3.52. The maximum Gasteiger partial charge on any atom is 0.0846 e. The molecule has 0 bridgehead atoms. The lowest BCUT2D eigenvalue weighted by atomic mass is 10.0. The standard InChI is InChI=1S/C18H20BrCl/c1-3-4-5-14-7-9-15(10-8-14)18(20)16-11-6-13(2)12-17(16)19/h6-12,18H,3-5H2,1-2H3. The van der Waals surface area contributed by atoms with E-state index in [0.717, 1.165) is 22.0 Å². The van der Waals surface area contributed by atoms with E-state index in [1.165, 1.54) is 24.0 Å². The van der Waals surface area contributed by atoms with Crippen LogP contribution in [0.25, 0.3) is 0 Å². The van der Waals surface area contributed by atoms with Gasteiger partial charge in [0.1, 0.15) is 0 Å². The lowest BCUT2D eigenvalue weighted by Gasteiger charge is -2.13. The molecule has 0 aliphatic carbocycles. The van der Waals surface area contributed by atoms with E-state index in [9.17, 15) is 0 Å². The summed E-state index contributed by atoms with van der Waals surface area (Å²) in [6, 6.07) is 15.0. The van der Waals surface area contributed by atoms with Crippen molar-refractivity contribution in [1.29, 1.82) is 0 Å². The van der Waals surface area contributed by atoms with Crippen molar-refractivity contribution in [3.8, 4) is 0 Å². The molecular weight excluding hydrogens is 332 g/mol. The molecule has 1 unspecified atom stereocenters. The largest absolute Gasteiger partial charge is 0.113 e. The lowest BCUT2D eigenvalue weighted by Crippen LogP contribution is -1.96. The fraction of sp³-hybridized carbons (Fsp3) is 0.333. The molecule has 0 fully saturated rings. The van der Waals surface area contributed by atoms with Gasteiger partial charge in [0.2, 0.25) is 0 Å². The van der Waals surface area contributed by atoms with Crippen LogP contribution < -0.4 is 0 Å². The molecule has 0 aromatic heterocycles. The van der Waals surface area contributed by atoms with Crippen LogP contribution in [-0.4, -0.2) is 0 Å². The summed E-state index contributed by atoms with van der Waals surface area (Å²) in [6.07, 6.45) is 3.63. The zero-order chi connectivity index (χ0) is 14.5. The molecule has 2 rings (SSSR count). The summed E-state index contributed by atoms with van der Waals surface area (Å²) in [5, 5.41) is -0.106. The number of hydrogen-bond donors (Lipinski definition) is 0. The monoisotopic (exact) mass is 350 g/mol. The van der Waals surface area contributed by atoms with E-state index >= 15 is 0 Å². The maximum absolute atomic E-state index is 6.62. The molecule has 0 N–H and O–H groups in total. The van der Waals surface area contributed by atoms with Crippen molar-refractivity contribution < 1.29 is 0 Å². The van der Waals surface area contributed by atoms with E-state index in [1.54, 1.807) is 0 Å². The predicted molar refractivity (Wildman–Crippen MR) is 91.6 cm³/mol. The summed E-state index contributed by atoms with van der Waals surface area (Å²) in [5.41, 5.74) is 4.90. The molecule has 0 nitrogen and oxygen atoms in total. The van der Waals surface area contributed by atoms with Crippen molar-refractivity contribution in [2.45, 2.75) is 38.5 Å². The van der Waals surface area contributed by atoms with Crippen LogP contribution in [-0.2, 0) is 6.42 Å². The van der Waals surface area contributed by atoms with Crippen molar-refractivity contribution in [3.63, 3.8) is 0 Å². The van der Waals surface area contributed by atoms with Gasteiger partial charge in [0.05, 0.1) is 5.38 Å². The highest BCUT2D eigenvalue weighted by molar-refractivity contribution is 9.10. The number of aryl methyl sites for hydroxylation is 2. The van der Waals surface area contributed by atoms with E-state index in [1.807, 2.05) is 0 Å². The summed E-state index contributed by atoms with van der Waals surface area (Å²) >= 11 is 10.2. The van der Waals surface area contributed by atoms with Gasteiger partial charge in [-0.1, -0.05) is 65.7 Å². The Morgan fingerprint density at radius 2 is 1.80 bits per heavy atom. The first-order valence-electron chi connectivity index (χ1n) is 7.10. The van der Waals surface area contributed by atoms with Crippen LogP contribution in [0.1, 0.15) is 47.4 Å². The van der Waals surface area contributed by atoms with Crippen LogP contribution in [0.5, 0.6) is 0 Å². The second-order valence-electron chi connectivity index (χ2n) is 5.23. The molecule has 2 aromatic carbocycles. The number of rotatable bonds is 5. The van der Waals surface area contributed by atoms with Crippen LogP contribution in [0.4, 0.5) is 0 Å². The molecule has 2 aromatic rings. The third kappa shape index (κ3) is 3.86. The van der Waals surface area contributed by atoms with Crippen molar-refractivity contribution in [2.75, 3.05) is 0 Å². The zero-order valence-electron chi connectivity index (χ0n) is 12.0. The van der Waals surface area contributed by atoms with Crippen LogP contribution in [0.15, 0.2) is 46.9 Å². The molecular formula is C18H20BrCl. The number of unbranched alkanes of at least 4 members (excludes halogenated alkanes) is 1. The highest BCUT2D eigenvalue weighted by Crippen LogP contribution is 2.34. The minimum absolute atomic E-state index is 0.106. The van der Waals surface area contributed by atoms with Crippen molar-refractivity contribution >= 4 is 27.5 Å². The average molecular weight is 352 g/mol. The molecule has 106 valence electrons. The summed E-state index contributed by atoms with van der Waals surface area (Å²) in [4.78, 5) is 0. The van der Waals surface area contributed by atoms with Gasteiger partial charge >= 0.3 is 0 Å². The number of halogens is 2. The number of alkyl halides is 1. The molecule has 0 radical (unpaired) electrons. The molecule has 0 amide bonds. The van der Waals surface area contributed by atoms with Crippen molar-refractivity contribution in [2.24, 2.45) is 0 Å². The SMILES string of the molecule is CCCCc1ccc(C(Cl)c2ccc(C)cc2Br)cc1. The first kappa shape index (κ1) is 15.6. The molecule has 2 heteroatoms. The summed E-state index contributed by atoms with van der Waals surface area (Å²) < 4.78 is 1.08. The van der Waals surface area contributed by atoms with Crippen LogP contribution in [0.3, 0.4) is 0 Å². The molecule has 1 atom stereocenters. The van der Waals surface area contributed by atoms with Crippen LogP contribution in [0, 0.1) is 6.92 Å². The third-order valence-corrected chi connectivity index (χ3v) is 4.69. The van der Waals surface area contributed by atoms with Gasteiger partial charge in [-0.2, -0.15) is 0 Å². The Hall–Kier alpha value is -0.790. The number of hydrogen-bond acceptors (Lipinski definition) is 0. The maximum atomic E-state index is 6.62. The van der Waals surface area contributed by atoms with Crippen LogP contribution >= 0.6 is 27.5 Å². The molecule has 0 saturated carbocycles. The van der Waals surface area contributed by atoms with Crippen molar-refractivity contribution in [3.05, 3.63) is 69.2 Å². The Morgan fingerprint density at radius 3 is 2.40 bits per heavy atom. The smallest absolute Gasteiger partial charge is 0.0846 e. The van der Waals surface area contributed by atoms with E-state index in [4.69, 9.17) is 11.6 Å². The fourth-order valence-corrected chi connectivity index (χ4v) is 3.44. The fourth-order valence-electron chi connectivity index (χ4n) is 2.25. The highest BCUT2D eigenvalue weighted by atomic mass is 79.9. The quantitative estimate of drug-likeness (QED) is 0.545. The summed E-state index contributed by atoms with van der Waals surface area (Å²) in [5.74, 6) is 0. The van der Waals surface area contributed by atoms with Gasteiger partial charge in [0.25, 0.3) is 0 Å². The Bertz CT molecular complexity index is 560. The first-order chi connectivity index (χ1) is 9.61. The minimum Gasteiger partial charge on any atom is -0.113 e. The van der Waals surface area contributed by atoms with Crippen LogP contribution in [0.2, 0.25) is 0 Å². The Labute approximate surface area is 135 Å². The van der Waals surface area contributed by atoms with E-state index in [2.05, 4.69) is 72.2 Å². The van der Waals surface area contributed by atoms with Crippen molar-refractivity contribution in [1.82, 2.24) is 0 Å². The second kappa shape index (κ2) is 7.28. The Kier molecular flexibility index (Phi) is 5.68. The van der Waals surface area contributed by atoms with E-state index in [0.29, 0.717) is 0 Å². The van der Waals surface area contributed by atoms with Gasteiger partial charge in [-0.15, -0.1) is 11.6 Å². The van der Waals surface area contributed by atoms with E-state index in [-0.39, 0.29) is 5.38 Å². The lowest BCUT2D eigenvalue weighted by molar-refractivity contribution is 0.794. The van der Waals surface area contributed by atoms with Gasteiger partial charge in [-0.3, -0.25) is 0 Å². The summed E-state index contributed by atoms with van der Waals surface area (Å²) in [7, 11) is 0. The molecule has 0 saturated heterocycles. The number of benzene rings is 2. The van der Waals surface area contributed by atoms with Gasteiger partial charge in [-0.25, -0.2) is 0 Å². The molecule has 0 aliphatic heterocycles. The minimum atomic E-state index is -0.106. The zero-order valence-corrected chi connectivity index (χ0v) is 14.3.